The predicted molar refractivity (Wildman–Crippen MR) is 73.7 cm³/mol. The van der Waals surface area contributed by atoms with Gasteiger partial charge in [-0.1, -0.05) is 25.0 Å². The first-order chi connectivity index (χ1) is 8.75. The lowest BCUT2D eigenvalue weighted by atomic mass is 9.98. The molecule has 2 atom stereocenters. The van der Waals surface area contributed by atoms with E-state index < -0.39 is 0 Å². The summed E-state index contributed by atoms with van der Waals surface area (Å²) in [4.78, 5) is 0. The predicted octanol–water partition coefficient (Wildman–Crippen LogP) is 3.55. The molecule has 0 heterocycles. The molecule has 1 fully saturated rings. The quantitative estimate of drug-likeness (QED) is 0.853. The van der Waals surface area contributed by atoms with Crippen molar-refractivity contribution in [3.8, 4) is 5.75 Å². The van der Waals surface area contributed by atoms with Crippen molar-refractivity contribution < 1.29 is 5.11 Å². The number of aromatic hydroxyl groups is 1. The fraction of sp³-hybridized carbons (Fsp3) is 0.625. The third kappa shape index (κ3) is 2.14. The molecule has 1 unspecified atom stereocenters. The van der Waals surface area contributed by atoms with Crippen LogP contribution in [0, 0.1) is 5.92 Å². The normalized spacial score (nSPS) is 25.3. The molecule has 0 bridgehead atoms. The lowest BCUT2D eigenvalue weighted by molar-refractivity contribution is 0.342. The summed E-state index contributed by atoms with van der Waals surface area (Å²) in [6.07, 6.45) is 7.71. The van der Waals surface area contributed by atoms with Gasteiger partial charge in [0, 0.05) is 12.1 Å². The lowest BCUT2D eigenvalue weighted by Crippen LogP contribution is -2.34. The van der Waals surface area contributed by atoms with Crippen LogP contribution in [0.15, 0.2) is 18.2 Å². The molecular formula is C16H23NO. The molecule has 0 radical (unpaired) electrons. The van der Waals surface area contributed by atoms with Crippen molar-refractivity contribution in [3.05, 3.63) is 29.3 Å². The molecule has 0 saturated heterocycles. The Bertz CT molecular complexity index is 423. The third-order valence-corrected chi connectivity index (χ3v) is 4.82. The average Bonchev–Trinajstić information content (AvgIpc) is 2.99. The van der Waals surface area contributed by atoms with Gasteiger partial charge in [-0.15, -0.1) is 0 Å². The van der Waals surface area contributed by atoms with Crippen molar-refractivity contribution in [2.24, 2.45) is 5.92 Å². The highest BCUT2D eigenvalue weighted by Crippen LogP contribution is 2.37. The first kappa shape index (κ1) is 12.0. The standard InChI is InChI=1S/C16H23NO/c1-11(12-5-2-3-6-12)17-15-10-9-14-13(15)7-4-8-16(14)18/h4,7-8,11-12,15,17-18H,2-3,5-6,9-10H2,1H3/t11-,15?/m1/s1. The molecule has 3 rings (SSSR count). The van der Waals surface area contributed by atoms with Crippen LogP contribution < -0.4 is 5.32 Å². The number of rotatable bonds is 3. The van der Waals surface area contributed by atoms with E-state index in [0.29, 0.717) is 17.8 Å². The van der Waals surface area contributed by atoms with Crippen molar-refractivity contribution in [2.75, 3.05) is 0 Å². The Balaban J connectivity index is 1.70. The number of hydrogen-bond acceptors (Lipinski definition) is 2. The maximum absolute atomic E-state index is 9.87. The Morgan fingerprint density at radius 2 is 2.00 bits per heavy atom. The number of hydrogen-bond donors (Lipinski definition) is 2. The number of phenols is 1. The molecule has 1 aromatic rings. The topological polar surface area (TPSA) is 32.3 Å². The minimum absolute atomic E-state index is 0.447. The van der Waals surface area contributed by atoms with Gasteiger partial charge in [0.2, 0.25) is 0 Å². The number of phenolic OH excluding ortho intramolecular Hbond substituents is 1. The smallest absolute Gasteiger partial charge is 0.119 e. The van der Waals surface area contributed by atoms with E-state index in [4.69, 9.17) is 0 Å². The zero-order chi connectivity index (χ0) is 12.5. The minimum Gasteiger partial charge on any atom is -0.508 e. The van der Waals surface area contributed by atoms with Gasteiger partial charge in [0.25, 0.3) is 0 Å². The van der Waals surface area contributed by atoms with Crippen molar-refractivity contribution in [2.45, 2.75) is 57.5 Å². The summed E-state index contributed by atoms with van der Waals surface area (Å²) in [7, 11) is 0. The number of nitrogens with one attached hydrogen (secondary N) is 1. The Hall–Kier alpha value is -1.02. The van der Waals surface area contributed by atoms with Crippen molar-refractivity contribution in [3.63, 3.8) is 0 Å². The average molecular weight is 245 g/mol. The SMILES string of the molecule is C[C@@H](NC1CCc2c(O)cccc21)C1CCCC1. The molecule has 2 heteroatoms. The Morgan fingerprint density at radius 1 is 1.22 bits per heavy atom. The van der Waals surface area contributed by atoms with Gasteiger partial charge in [-0.25, -0.2) is 0 Å². The van der Waals surface area contributed by atoms with Crippen LogP contribution in [0.1, 0.15) is 56.2 Å². The fourth-order valence-corrected chi connectivity index (χ4v) is 3.72. The molecule has 1 aromatic carbocycles. The Labute approximate surface area is 109 Å². The van der Waals surface area contributed by atoms with Crippen molar-refractivity contribution >= 4 is 0 Å². The molecule has 2 N–H and O–H groups in total. The second-order valence-corrected chi connectivity index (χ2v) is 5.94. The van der Waals surface area contributed by atoms with Crippen LogP contribution >= 0.6 is 0 Å². The molecule has 0 spiro atoms. The zero-order valence-corrected chi connectivity index (χ0v) is 11.2. The van der Waals surface area contributed by atoms with Gasteiger partial charge in [0.15, 0.2) is 0 Å². The van der Waals surface area contributed by atoms with E-state index in [9.17, 15) is 5.11 Å². The molecule has 0 aliphatic heterocycles. The summed E-state index contributed by atoms with van der Waals surface area (Å²) in [6.45, 7) is 2.33. The van der Waals surface area contributed by atoms with E-state index in [-0.39, 0.29) is 0 Å². The molecular weight excluding hydrogens is 222 g/mol. The molecule has 98 valence electrons. The van der Waals surface area contributed by atoms with E-state index in [1.54, 1.807) is 0 Å². The molecule has 0 aromatic heterocycles. The summed E-state index contributed by atoms with van der Waals surface area (Å²) < 4.78 is 0. The summed E-state index contributed by atoms with van der Waals surface area (Å²) >= 11 is 0. The third-order valence-electron chi connectivity index (χ3n) is 4.82. The molecule has 2 aliphatic carbocycles. The first-order valence-corrected chi connectivity index (χ1v) is 7.32. The van der Waals surface area contributed by atoms with E-state index in [1.165, 1.54) is 31.2 Å². The highest BCUT2D eigenvalue weighted by atomic mass is 16.3. The van der Waals surface area contributed by atoms with Gasteiger partial charge in [-0.3, -0.25) is 0 Å². The van der Waals surface area contributed by atoms with E-state index in [2.05, 4.69) is 18.3 Å². The zero-order valence-electron chi connectivity index (χ0n) is 11.2. The number of fused-ring (bicyclic) bond motifs is 1. The highest BCUT2D eigenvalue weighted by Gasteiger charge is 2.28. The molecule has 1 saturated carbocycles. The summed E-state index contributed by atoms with van der Waals surface area (Å²) in [5.41, 5.74) is 2.48. The molecule has 2 nitrogen and oxygen atoms in total. The van der Waals surface area contributed by atoms with Crippen LogP contribution in [-0.4, -0.2) is 11.1 Å². The van der Waals surface area contributed by atoms with Gasteiger partial charge < -0.3 is 10.4 Å². The van der Waals surface area contributed by atoms with Crippen molar-refractivity contribution in [1.29, 1.82) is 0 Å². The van der Waals surface area contributed by atoms with Crippen LogP contribution in [0.3, 0.4) is 0 Å². The summed E-state index contributed by atoms with van der Waals surface area (Å²) in [5, 5.41) is 13.7. The van der Waals surface area contributed by atoms with Gasteiger partial charge in [0.05, 0.1) is 0 Å². The first-order valence-electron chi connectivity index (χ1n) is 7.32. The molecule has 18 heavy (non-hydrogen) atoms. The lowest BCUT2D eigenvalue weighted by Gasteiger charge is -2.25. The molecule has 2 aliphatic rings. The van der Waals surface area contributed by atoms with Crippen LogP contribution in [-0.2, 0) is 6.42 Å². The van der Waals surface area contributed by atoms with E-state index >= 15 is 0 Å². The van der Waals surface area contributed by atoms with E-state index in [0.717, 1.165) is 24.3 Å². The largest absolute Gasteiger partial charge is 0.508 e. The fourth-order valence-electron chi connectivity index (χ4n) is 3.72. The highest BCUT2D eigenvalue weighted by molar-refractivity contribution is 5.44. The van der Waals surface area contributed by atoms with Crippen LogP contribution in [0.4, 0.5) is 0 Å². The maximum atomic E-state index is 9.87. The summed E-state index contributed by atoms with van der Waals surface area (Å²) in [5.74, 6) is 1.33. The second kappa shape index (κ2) is 4.93. The maximum Gasteiger partial charge on any atom is 0.119 e. The van der Waals surface area contributed by atoms with Gasteiger partial charge in [0.1, 0.15) is 5.75 Å². The monoisotopic (exact) mass is 245 g/mol. The summed E-state index contributed by atoms with van der Waals surface area (Å²) in [6, 6.07) is 6.99. The Morgan fingerprint density at radius 3 is 2.78 bits per heavy atom. The minimum atomic E-state index is 0.447. The van der Waals surface area contributed by atoms with Crippen LogP contribution in [0.25, 0.3) is 0 Å². The van der Waals surface area contributed by atoms with Gasteiger partial charge >= 0.3 is 0 Å². The second-order valence-electron chi connectivity index (χ2n) is 5.94. The van der Waals surface area contributed by atoms with Crippen LogP contribution in [0.5, 0.6) is 5.75 Å². The molecule has 0 amide bonds. The van der Waals surface area contributed by atoms with Gasteiger partial charge in [-0.05, 0) is 55.7 Å². The van der Waals surface area contributed by atoms with E-state index in [1.807, 2.05) is 12.1 Å². The Kier molecular flexibility index (Phi) is 3.29. The van der Waals surface area contributed by atoms with Crippen molar-refractivity contribution in [1.82, 2.24) is 5.32 Å². The van der Waals surface area contributed by atoms with Crippen LogP contribution in [0.2, 0.25) is 0 Å². The van der Waals surface area contributed by atoms with Gasteiger partial charge in [-0.2, -0.15) is 0 Å². The number of benzene rings is 1.